The molecule has 0 bridgehead atoms. The fourth-order valence-electron chi connectivity index (χ4n) is 1.43. The van der Waals surface area contributed by atoms with Gasteiger partial charge in [0.15, 0.2) is 6.10 Å². The van der Waals surface area contributed by atoms with Crippen LogP contribution in [0.15, 0.2) is 38.7 Å². The second kappa shape index (κ2) is 6.71. The molecule has 5 nitrogen and oxygen atoms in total. The maximum absolute atomic E-state index is 11.8. The van der Waals surface area contributed by atoms with Crippen molar-refractivity contribution in [2.24, 2.45) is 0 Å². The largest absolute Gasteiger partial charge is 0.467 e. The normalized spacial score (nSPS) is 11.9. The first-order valence-electron chi connectivity index (χ1n) is 5.82. The highest BCUT2D eigenvalue weighted by Crippen LogP contribution is 2.22. The second-order valence-electron chi connectivity index (χ2n) is 3.95. The molecular weight excluding hydrogens is 346 g/mol. The van der Waals surface area contributed by atoms with Gasteiger partial charge in [-0.3, -0.25) is 4.79 Å². The van der Waals surface area contributed by atoms with E-state index >= 15 is 0 Å². The zero-order valence-electron chi connectivity index (χ0n) is 10.6. The summed E-state index contributed by atoms with van der Waals surface area (Å²) in [5.74, 6) is -0.245. The molecule has 2 aromatic rings. The molecule has 0 aromatic carbocycles. The lowest BCUT2D eigenvalue weighted by Gasteiger charge is -2.12. The van der Waals surface area contributed by atoms with Gasteiger partial charge in [0.1, 0.15) is 10.6 Å². The van der Waals surface area contributed by atoms with Crippen molar-refractivity contribution in [3.8, 4) is 0 Å². The van der Waals surface area contributed by atoms with E-state index in [1.807, 2.05) is 0 Å². The van der Waals surface area contributed by atoms with Gasteiger partial charge in [0, 0.05) is 0 Å². The third kappa shape index (κ3) is 3.94. The minimum atomic E-state index is -0.863. The zero-order valence-corrected chi connectivity index (χ0v) is 13.0. The van der Waals surface area contributed by atoms with E-state index in [-0.39, 0.29) is 12.5 Å². The van der Waals surface area contributed by atoms with Crippen LogP contribution in [0.1, 0.15) is 22.4 Å². The van der Waals surface area contributed by atoms with E-state index in [0.717, 1.165) is 3.79 Å². The Balaban J connectivity index is 1.83. The molecule has 0 saturated heterocycles. The van der Waals surface area contributed by atoms with Crippen molar-refractivity contribution < 1.29 is 18.7 Å². The number of furan rings is 1. The summed E-state index contributed by atoms with van der Waals surface area (Å²) in [6, 6.07) is 6.88. The predicted molar refractivity (Wildman–Crippen MR) is 77.5 cm³/mol. The maximum atomic E-state index is 11.8. The number of halogens is 1. The van der Waals surface area contributed by atoms with Crippen LogP contribution in [0.3, 0.4) is 0 Å². The third-order valence-electron chi connectivity index (χ3n) is 2.44. The number of amides is 1. The number of ether oxygens (including phenoxy) is 1. The van der Waals surface area contributed by atoms with Gasteiger partial charge in [0.25, 0.3) is 5.91 Å². The number of carbonyl (C=O) groups excluding carboxylic acids is 2. The van der Waals surface area contributed by atoms with Crippen molar-refractivity contribution in [3.63, 3.8) is 0 Å². The third-order valence-corrected chi connectivity index (χ3v) is 4.05. The van der Waals surface area contributed by atoms with Crippen LogP contribution in [0.2, 0.25) is 0 Å². The Morgan fingerprint density at radius 2 is 2.25 bits per heavy atom. The van der Waals surface area contributed by atoms with Gasteiger partial charge in [-0.05, 0) is 47.1 Å². The molecule has 0 aliphatic carbocycles. The molecule has 1 amide bonds. The molecule has 20 heavy (non-hydrogen) atoms. The average Bonchev–Trinajstić information content (AvgIpc) is 3.06. The fourth-order valence-corrected chi connectivity index (χ4v) is 2.70. The highest BCUT2D eigenvalue weighted by Gasteiger charge is 2.19. The van der Waals surface area contributed by atoms with Gasteiger partial charge in [0.2, 0.25) is 0 Å². The summed E-state index contributed by atoms with van der Waals surface area (Å²) in [7, 11) is 0. The molecular formula is C13H12BrNO4S. The van der Waals surface area contributed by atoms with Gasteiger partial charge in [-0.15, -0.1) is 11.3 Å². The molecule has 1 unspecified atom stereocenters. The van der Waals surface area contributed by atoms with Crippen LogP contribution in [0.25, 0.3) is 0 Å². The summed E-state index contributed by atoms with van der Waals surface area (Å²) in [6.45, 7) is 1.79. The van der Waals surface area contributed by atoms with E-state index in [1.165, 1.54) is 24.5 Å². The summed E-state index contributed by atoms with van der Waals surface area (Å²) in [5.41, 5.74) is 0. The molecule has 1 N–H and O–H groups in total. The van der Waals surface area contributed by atoms with Crippen LogP contribution < -0.4 is 5.32 Å². The lowest BCUT2D eigenvalue weighted by atomic mass is 10.3. The van der Waals surface area contributed by atoms with E-state index in [1.54, 1.807) is 24.3 Å². The van der Waals surface area contributed by atoms with Crippen molar-refractivity contribution in [2.75, 3.05) is 0 Å². The van der Waals surface area contributed by atoms with Crippen molar-refractivity contribution in [1.82, 2.24) is 5.32 Å². The van der Waals surface area contributed by atoms with Crippen LogP contribution in [-0.4, -0.2) is 18.0 Å². The minimum Gasteiger partial charge on any atom is -0.467 e. The Morgan fingerprint density at radius 1 is 1.45 bits per heavy atom. The van der Waals surface area contributed by atoms with Crippen molar-refractivity contribution in [2.45, 2.75) is 19.6 Å². The van der Waals surface area contributed by atoms with E-state index in [2.05, 4.69) is 21.2 Å². The first-order chi connectivity index (χ1) is 9.56. The van der Waals surface area contributed by atoms with Gasteiger partial charge in [-0.25, -0.2) is 4.79 Å². The molecule has 0 radical (unpaired) electrons. The Morgan fingerprint density at radius 3 is 2.85 bits per heavy atom. The highest BCUT2D eigenvalue weighted by molar-refractivity contribution is 9.11. The SMILES string of the molecule is CC(OC(=O)c1ccc(Br)s1)C(=O)NCc1ccco1. The Labute approximate surface area is 128 Å². The number of rotatable bonds is 5. The smallest absolute Gasteiger partial charge is 0.349 e. The van der Waals surface area contributed by atoms with Gasteiger partial charge in [-0.2, -0.15) is 0 Å². The van der Waals surface area contributed by atoms with Crippen LogP contribution in [0.5, 0.6) is 0 Å². The Kier molecular flexibility index (Phi) is 4.97. The van der Waals surface area contributed by atoms with Crippen LogP contribution in [0, 0.1) is 0 Å². The molecule has 0 saturated carbocycles. The topological polar surface area (TPSA) is 68.5 Å². The molecule has 0 aliphatic heterocycles. The zero-order chi connectivity index (χ0) is 14.5. The van der Waals surface area contributed by atoms with Crippen molar-refractivity contribution in [1.29, 1.82) is 0 Å². The maximum Gasteiger partial charge on any atom is 0.349 e. The number of hydrogen-bond acceptors (Lipinski definition) is 5. The summed E-state index contributed by atoms with van der Waals surface area (Å²) in [6.07, 6.45) is 0.665. The van der Waals surface area contributed by atoms with E-state index < -0.39 is 12.1 Å². The number of esters is 1. The monoisotopic (exact) mass is 357 g/mol. The van der Waals surface area contributed by atoms with Crippen LogP contribution >= 0.6 is 27.3 Å². The first kappa shape index (κ1) is 14.8. The quantitative estimate of drug-likeness (QED) is 0.835. The highest BCUT2D eigenvalue weighted by atomic mass is 79.9. The van der Waals surface area contributed by atoms with Gasteiger partial charge < -0.3 is 14.5 Å². The van der Waals surface area contributed by atoms with Gasteiger partial charge in [-0.1, -0.05) is 0 Å². The Bertz CT molecular complexity index is 593. The molecule has 2 aromatic heterocycles. The average molecular weight is 358 g/mol. The fraction of sp³-hybridized carbons (Fsp3) is 0.231. The summed E-state index contributed by atoms with van der Waals surface area (Å²) in [4.78, 5) is 24.0. The van der Waals surface area contributed by atoms with Crippen LogP contribution in [-0.2, 0) is 16.1 Å². The van der Waals surface area contributed by atoms with Crippen LogP contribution in [0.4, 0.5) is 0 Å². The molecule has 106 valence electrons. The molecule has 0 fully saturated rings. The number of thiophene rings is 1. The summed E-state index contributed by atoms with van der Waals surface area (Å²) in [5, 5.41) is 2.63. The molecule has 2 heterocycles. The van der Waals surface area contributed by atoms with Crippen molar-refractivity contribution in [3.05, 3.63) is 45.0 Å². The lowest BCUT2D eigenvalue weighted by molar-refractivity contribution is -0.129. The first-order valence-corrected chi connectivity index (χ1v) is 7.43. The molecule has 7 heteroatoms. The molecule has 0 spiro atoms. The van der Waals surface area contributed by atoms with Crippen molar-refractivity contribution >= 4 is 39.1 Å². The standard InChI is InChI=1S/C13H12BrNO4S/c1-8(12(16)15-7-9-3-2-6-18-9)19-13(17)10-4-5-11(14)20-10/h2-6,8H,7H2,1H3,(H,15,16). The Hall–Kier alpha value is -1.60. The number of hydrogen-bond donors (Lipinski definition) is 1. The molecule has 0 aliphatic rings. The van der Waals surface area contributed by atoms with Gasteiger partial charge >= 0.3 is 5.97 Å². The molecule has 2 rings (SSSR count). The minimum absolute atomic E-state index is 0.262. The van der Waals surface area contributed by atoms with Gasteiger partial charge in [0.05, 0.1) is 16.6 Å². The second-order valence-corrected chi connectivity index (χ2v) is 6.41. The number of nitrogens with one attached hydrogen (secondary N) is 1. The van der Waals surface area contributed by atoms with E-state index in [9.17, 15) is 9.59 Å². The molecule has 1 atom stereocenters. The predicted octanol–water partition coefficient (Wildman–Crippen LogP) is 2.97. The van der Waals surface area contributed by atoms with E-state index in [4.69, 9.17) is 9.15 Å². The number of carbonyl (C=O) groups is 2. The lowest BCUT2D eigenvalue weighted by Crippen LogP contribution is -2.35. The summed E-state index contributed by atoms with van der Waals surface area (Å²) < 4.78 is 11.0. The summed E-state index contributed by atoms with van der Waals surface area (Å²) >= 11 is 4.52. The van der Waals surface area contributed by atoms with E-state index in [0.29, 0.717) is 10.6 Å².